The number of anilines is 1. The Kier molecular flexibility index (Phi) is 3.40. The smallest absolute Gasteiger partial charge is 0.203 e. The van der Waals surface area contributed by atoms with E-state index < -0.39 is 24.5 Å². The van der Waals surface area contributed by atoms with Crippen molar-refractivity contribution in [3.8, 4) is 0 Å². The number of ether oxygens (including phenoxy) is 1. The minimum atomic E-state index is -1.18. The number of nitrogen functional groups attached to an aromatic ring is 1. The third-order valence-electron chi connectivity index (χ3n) is 2.64. The summed E-state index contributed by atoms with van der Waals surface area (Å²) < 4.78 is 6.83. The Morgan fingerprint density at radius 3 is 2.71 bits per heavy atom. The number of nitrogens with two attached hydrogens (primary N) is 1. The maximum atomic E-state index is 9.79. The van der Waals surface area contributed by atoms with Crippen LogP contribution in [0.3, 0.4) is 0 Å². The average Bonchev–Trinajstić information content (AvgIpc) is 2.57. The first-order chi connectivity index (χ1) is 8.04. The Balaban J connectivity index is 2.32. The summed E-state index contributed by atoms with van der Waals surface area (Å²) in [4.78, 5) is 3.85. The number of rotatable bonds is 2. The fourth-order valence-electron chi connectivity index (χ4n) is 1.73. The molecule has 7 nitrogen and oxygen atoms in total. The largest absolute Gasteiger partial charge is 0.394 e. The zero-order valence-electron chi connectivity index (χ0n) is 8.80. The van der Waals surface area contributed by atoms with E-state index in [1.165, 1.54) is 16.8 Å². The molecule has 1 aromatic heterocycles. The van der Waals surface area contributed by atoms with Crippen molar-refractivity contribution in [1.82, 2.24) is 9.55 Å². The SMILES string of the molecule is Nc1ccn([C@H]2O[C@H](CO)[C@@H](O)[C@H]2O)c(=S)n1. The van der Waals surface area contributed by atoms with Gasteiger partial charge in [0, 0.05) is 6.20 Å². The zero-order chi connectivity index (χ0) is 12.6. The molecule has 94 valence electrons. The first-order valence-electron chi connectivity index (χ1n) is 5.01. The lowest BCUT2D eigenvalue weighted by Crippen LogP contribution is -2.33. The van der Waals surface area contributed by atoms with Gasteiger partial charge in [0.2, 0.25) is 4.77 Å². The molecule has 1 fully saturated rings. The lowest BCUT2D eigenvalue weighted by molar-refractivity contribution is -0.0540. The van der Waals surface area contributed by atoms with Crippen LogP contribution in [0.5, 0.6) is 0 Å². The van der Waals surface area contributed by atoms with Crippen molar-refractivity contribution in [2.75, 3.05) is 12.3 Å². The van der Waals surface area contributed by atoms with Gasteiger partial charge >= 0.3 is 0 Å². The van der Waals surface area contributed by atoms with Gasteiger partial charge in [0.05, 0.1) is 6.61 Å². The van der Waals surface area contributed by atoms with Crippen LogP contribution in [0.2, 0.25) is 0 Å². The van der Waals surface area contributed by atoms with Crippen LogP contribution in [0.4, 0.5) is 5.82 Å². The Labute approximate surface area is 102 Å². The van der Waals surface area contributed by atoms with Crippen molar-refractivity contribution in [3.05, 3.63) is 17.0 Å². The van der Waals surface area contributed by atoms with E-state index in [-0.39, 0.29) is 17.2 Å². The van der Waals surface area contributed by atoms with Gasteiger partial charge in [-0.05, 0) is 18.3 Å². The van der Waals surface area contributed by atoms with E-state index in [4.69, 9.17) is 27.8 Å². The van der Waals surface area contributed by atoms with Crippen LogP contribution in [0.25, 0.3) is 0 Å². The highest BCUT2D eigenvalue weighted by atomic mass is 32.1. The lowest BCUT2D eigenvalue weighted by Gasteiger charge is -2.18. The van der Waals surface area contributed by atoms with Gasteiger partial charge in [-0.15, -0.1) is 0 Å². The average molecular weight is 259 g/mol. The van der Waals surface area contributed by atoms with Crippen LogP contribution < -0.4 is 5.73 Å². The van der Waals surface area contributed by atoms with E-state index in [1.54, 1.807) is 0 Å². The van der Waals surface area contributed by atoms with Gasteiger partial charge in [-0.2, -0.15) is 0 Å². The van der Waals surface area contributed by atoms with Gasteiger partial charge in [-0.3, -0.25) is 4.57 Å². The number of nitrogens with zero attached hydrogens (tertiary/aromatic N) is 2. The summed E-state index contributed by atoms with van der Waals surface area (Å²) in [7, 11) is 0. The van der Waals surface area contributed by atoms with Crippen molar-refractivity contribution in [2.45, 2.75) is 24.5 Å². The molecule has 1 aromatic rings. The Morgan fingerprint density at radius 1 is 1.47 bits per heavy atom. The van der Waals surface area contributed by atoms with Crippen molar-refractivity contribution in [1.29, 1.82) is 0 Å². The van der Waals surface area contributed by atoms with Gasteiger partial charge < -0.3 is 25.8 Å². The molecule has 1 aliphatic heterocycles. The molecule has 8 heteroatoms. The van der Waals surface area contributed by atoms with Gasteiger partial charge in [-0.25, -0.2) is 4.98 Å². The highest BCUT2D eigenvalue weighted by molar-refractivity contribution is 7.71. The third-order valence-corrected chi connectivity index (χ3v) is 2.94. The highest BCUT2D eigenvalue weighted by Crippen LogP contribution is 2.29. The summed E-state index contributed by atoms with van der Waals surface area (Å²) in [5, 5.41) is 28.4. The molecule has 0 aromatic carbocycles. The minimum Gasteiger partial charge on any atom is -0.394 e. The Hall–Kier alpha value is -1.06. The van der Waals surface area contributed by atoms with Crippen LogP contribution in [0, 0.1) is 4.77 Å². The van der Waals surface area contributed by atoms with E-state index >= 15 is 0 Å². The first-order valence-corrected chi connectivity index (χ1v) is 5.42. The minimum absolute atomic E-state index is 0.139. The van der Waals surface area contributed by atoms with Gasteiger partial charge in [-0.1, -0.05) is 0 Å². The van der Waals surface area contributed by atoms with Gasteiger partial charge in [0.25, 0.3) is 0 Å². The quantitative estimate of drug-likeness (QED) is 0.494. The number of aromatic nitrogens is 2. The standard InChI is InChI=1S/C9H13N3O4S/c10-5-1-2-12(9(17)11-5)8-7(15)6(14)4(3-13)16-8/h1-2,4,6-8,13-15H,3H2,(H2,10,11,17)/t4-,6-,7-,8+/m1/s1. The van der Waals surface area contributed by atoms with Gasteiger partial charge in [0.15, 0.2) is 6.23 Å². The van der Waals surface area contributed by atoms with E-state index in [2.05, 4.69) is 4.98 Å². The van der Waals surface area contributed by atoms with Crippen molar-refractivity contribution < 1.29 is 20.1 Å². The molecule has 1 saturated heterocycles. The summed E-state index contributed by atoms with van der Waals surface area (Å²) in [5.74, 6) is 0.262. The zero-order valence-corrected chi connectivity index (χ0v) is 9.62. The second kappa shape index (κ2) is 4.67. The number of hydrogen-bond donors (Lipinski definition) is 4. The molecule has 5 N–H and O–H groups in total. The molecule has 1 aliphatic rings. The van der Waals surface area contributed by atoms with E-state index in [0.717, 1.165) is 0 Å². The Bertz CT molecular complexity index is 466. The van der Waals surface area contributed by atoms with Crippen LogP contribution in [0.1, 0.15) is 6.23 Å². The molecule has 0 bridgehead atoms. The summed E-state index contributed by atoms with van der Waals surface area (Å²) in [6, 6.07) is 1.50. The maximum Gasteiger partial charge on any atom is 0.203 e. The van der Waals surface area contributed by atoms with Crippen LogP contribution in [0.15, 0.2) is 12.3 Å². The summed E-state index contributed by atoms with van der Waals surface area (Å²) in [6.45, 7) is -0.384. The number of aliphatic hydroxyl groups excluding tert-OH is 3. The normalized spacial score (nSPS) is 32.9. The van der Waals surface area contributed by atoms with E-state index in [9.17, 15) is 10.2 Å². The maximum absolute atomic E-state index is 9.79. The summed E-state index contributed by atoms with van der Waals surface area (Å²) >= 11 is 4.98. The molecule has 0 amide bonds. The molecule has 0 radical (unpaired) electrons. The molecular weight excluding hydrogens is 246 g/mol. The van der Waals surface area contributed by atoms with Crippen LogP contribution in [-0.2, 0) is 4.74 Å². The summed E-state index contributed by atoms with van der Waals surface area (Å²) in [5.41, 5.74) is 5.46. The van der Waals surface area contributed by atoms with Gasteiger partial charge in [0.1, 0.15) is 24.1 Å². The van der Waals surface area contributed by atoms with E-state index in [1.807, 2.05) is 0 Å². The topological polar surface area (TPSA) is 114 Å². The fourth-order valence-corrected chi connectivity index (χ4v) is 2.00. The Morgan fingerprint density at radius 2 is 2.18 bits per heavy atom. The van der Waals surface area contributed by atoms with Crippen molar-refractivity contribution in [3.63, 3.8) is 0 Å². The van der Waals surface area contributed by atoms with E-state index in [0.29, 0.717) is 0 Å². The number of aliphatic hydroxyl groups is 3. The molecule has 4 atom stereocenters. The first kappa shape index (κ1) is 12.4. The van der Waals surface area contributed by atoms with Crippen molar-refractivity contribution in [2.24, 2.45) is 0 Å². The second-order valence-electron chi connectivity index (χ2n) is 3.77. The predicted molar refractivity (Wildman–Crippen MR) is 60.5 cm³/mol. The molecule has 2 rings (SSSR count). The predicted octanol–water partition coefficient (Wildman–Crippen LogP) is -1.19. The molecule has 2 heterocycles. The van der Waals surface area contributed by atoms with Crippen LogP contribution >= 0.6 is 12.2 Å². The molecular formula is C9H13N3O4S. The van der Waals surface area contributed by atoms with Crippen molar-refractivity contribution >= 4 is 18.0 Å². The van der Waals surface area contributed by atoms with Crippen LogP contribution in [-0.4, -0.2) is 49.8 Å². The highest BCUT2D eigenvalue weighted by Gasteiger charge is 2.43. The molecule has 17 heavy (non-hydrogen) atoms. The molecule has 0 unspecified atom stereocenters. The lowest BCUT2D eigenvalue weighted by atomic mass is 10.1. The second-order valence-corrected chi connectivity index (χ2v) is 4.14. The summed E-state index contributed by atoms with van der Waals surface area (Å²) in [6.07, 6.45) is -2.53. The fraction of sp³-hybridized carbons (Fsp3) is 0.556. The molecule has 0 saturated carbocycles. The molecule has 0 spiro atoms. The third kappa shape index (κ3) is 2.17. The molecule has 0 aliphatic carbocycles. The number of hydrogen-bond acceptors (Lipinski definition) is 7. The monoisotopic (exact) mass is 259 g/mol.